The van der Waals surface area contributed by atoms with E-state index >= 15 is 0 Å². The van der Waals surface area contributed by atoms with Gasteiger partial charge in [-0.25, -0.2) is 9.67 Å². The van der Waals surface area contributed by atoms with Gasteiger partial charge in [0.15, 0.2) is 0 Å². The molecule has 0 fully saturated rings. The zero-order valence-corrected chi connectivity index (χ0v) is 24.0. The molecule has 0 aliphatic carbocycles. The number of rotatable bonds is 10. The van der Waals surface area contributed by atoms with Crippen LogP contribution in [0, 0.1) is 0 Å². The van der Waals surface area contributed by atoms with Gasteiger partial charge in [0.25, 0.3) is 11.4 Å². The van der Waals surface area contributed by atoms with E-state index in [-0.39, 0.29) is 24.1 Å². The van der Waals surface area contributed by atoms with Crippen LogP contribution in [0.4, 0.5) is 17.5 Å². The Morgan fingerprint density at radius 3 is 2.53 bits per heavy atom. The van der Waals surface area contributed by atoms with Gasteiger partial charge < -0.3 is 20.2 Å². The largest absolute Gasteiger partial charge is 0.416 e. The molecule has 0 aliphatic rings. The summed E-state index contributed by atoms with van der Waals surface area (Å²) in [7, 11) is 0. The fraction of sp³-hybridized carbons (Fsp3) is 0.226. The topological polar surface area (TPSA) is 149 Å². The van der Waals surface area contributed by atoms with Crippen molar-refractivity contribution in [2.75, 3.05) is 17.2 Å². The van der Waals surface area contributed by atoms with Crippen molar-refractivity contribution >= 4 is 28.4 Å². The monoisotopic (exact) mass is 577 g/mol. The van der Waals surface area contributed by atoms with Crippen LogP contribution in [0.25, 0.3) is 33.8 Å². The predicted molar refractivity (Wildman–Crippen MR) is 164 cm³/mol. The Bertz CT molecular complexity index is 1910. The molecule has 4 aromatic heterocycles. The number of hydrogen-bond acceptors (Lipinski definition) is 10. The van der Waals surface area contributed by atoms with Crippen LogP contribution in [0.5, 0.6) is 0 Å². The molecular weight excluding hydrogens is 546 g/mol. The van der Waals surface area contributed by atoms with Gasteiger partial charge in [0.05, 0.1) is 34.7 Å². The first-order chi connectivity index (χ1) is 21.0. The lowest BCUT2D eigenvalue weighted by atomic mass is 10.1. The van der Waals surface area contributed by atoms with Gasteiger partial charge in [-0.1, -0.05) is 30.3 Å². The van der Waals surface area contributed by atoms with Crippen LogP contribution in [0.2, 0.25) is 0 Å². The lowest BCUT2D eigenvalue weighted by molar-refractivity contribution is 0.276. The zero-order chi connectivity index (χ0) is 29.9. The highest BCUT2D eigenvalue weighted by atomic mass is 16.4. The number of aromatic nitrogens is 7. The van der Waals surface area contributed by atoms with Crippen molar-refractivity contribution in [3.63, 3.8) is 0 Å². The summed E-state index contributed by atoms with van der Waals surface area (Å²) in [6.07, 6.45) is 4.90. The summed E-state index contributed by atoms with van der Waals surface area (Å²) in [5.41, 5.74) is 3.54. The van der Waals surface area contributed by atoms with Crippen molar-refractivity contribution in [2.45, 2.75) is 39.4 Å². The van der Waals surface area contributed by atoms with Crippen LogP contribution in [-0.4, -0.2) is 46.2 Å². The van der Waals surface area contributed by atoms with E-state index in [0.717, 1.165) is 11.1 Å². The maximum atomic E-state index is 13.0. The van der Waals surface area contributed by atoms with E-state index in [1.165, 1.54) is 0 Å². The van der Waals surface area contributed by atoms with Gasteiger partial charge >= 0.3 is 0 Å². The van der Waals surface area contributed by atoms with Gasteiger partial charge in [0.1, 0.15) is 5.82 Å². The van der Waals surface area contributed by atoms with Crippen LogP contribution in [-0.2, 0) is 6.54 Å². The first-order valence-corrected chi connectivity index (χ1v) is 14.0. The molecule has 43 heavy (non-hydrogen) atoms. The second-order valence-corrected chi connectivity index (χ2v) is 10.2. The standard InChI is InChI=1S/C31H31N9O3/c1-4-39-30(42)23-13-12-22(15-26(23)40(39)19(2)3)34-31-33-17-24(29-38-37-28(43-29)21-11-8-14-32-16-21)27(36-31)35-25(18-41)20-9-6-5-7-10-20/h5-17,19,25,41H,4,18H2,1-3H3,(H2,33,34,35,36)/t25-/m1/s1. The third kappa shape index (κ3) is 5.47. The second kappa shape index (κ2) is 11.9. The van der Waals surface area contributed by atoms with Crippen molar-refractivity contribution in [1.29, 1.82) is 0 Å². The van der Waals surface area contributed by atoms with E-state index in [9.17, 15) is 9.90 Å². The summed E-state index contributed by atoms with van der Waals surface area (Å²) in [5, 5.41) is 25.9. The van der Waals surface area contributed by atoms with E-state index in [1.807, 2.05) is 80.1 Å². The summed E-state index contributed by atoms with van der Waals surface area (Å²) < 4.78 is 9.73. The van der Waals surface area contributed by atoms with E-state index in [1.54, 1.807) is 29.3 Å². The molecule has 0 saturated carbocycles. The van der Waals surface area contributed by atoms with Crippen LogP contribution in [0.3, 0.4) is 0 Å². The number of nitrogens with one attached hydrogen (secondary N) is 2. The van der Waals surface area contributed by atoms with Gasteiger partial charge in [-0.05, 0) is 56.7 Å². The van der Waals surface area contributed by atoms with E-state index in [2.05, 4.69) is 30.8 Å². The van der Waals surface area contributed by atoms with Crippen molar-refractivity contribution in [1.82, 2.24) is 34.5 Å². The number of aliphatic hydroxyl groups excluding tert-OH is 1. The summed E-state index contributed by atoms with van der Waals surface area (Å²) in [6.45, 7) is 6.44. The molecule has 12 heteroatoms. The zero-order valence-electron chi connectivity index (χ0n) is 24.0. The van der Waals surface area contributed by atoms with Crippen LogP contribution >= 0.6 is 0 Å². The third-order valence-electron chi connectivity index (χ3n) is 7.06. The number of fused-ring (bicyclic) bond motifs is 1. The Kier molecular flexibility index (Phi) is 7.67. The van der Waals surface area contributed by atoms with Gasteiger partial charge in [-0.3, -0.25) is 14.5 Å². The molecule has 2 aromatic carbocycles. The highest BCUT2D eigenvalue weighted by Crippen LogP contribution is 2.32. The molecule has 0 bridgehead atoms. The average Bonchev–Trinajstić information content (AvgIpc) is 3.63. The highest BCUT2D eigenvalue weighted by Gasteiger charge is 2.21. The summed E-state index contributed by atoms with van der Waals surface area (Å²) in [5.74, 6) is 1.21. The molecule has 4 heterocycles. The molecule has 6 rings (SSSR count). The molecule has 6 aromatic rings. The first-order valence-electron chi connectivity index (χ1n) is 14.0. The molecule has 0 unspecified atom stereocenters. The maximum Gasteiger partial charge on any atom is 0.274 e. The maximum absolute atomic E-state index is 13.0. The molecule has 12 nitrogen and oxygen atoms in total. The van der Waals surface area contributed by atoms with Gasteiger partial charge in [-0.15, -0.1) is 10.2 Å². The second-order valence-electron chi connectivity index (χ2n) is 10.2. The number of pyridine rings is 1. The average molecular weight is 578 g/mol. The van der Waals surface area contributed by atoms with Crippen LogP contribution in [0.15, 0.2) is 88.5 Å². The fourth-order valence-corrected chi connectivity index (χ4v) is 5.06. The van der Waals surface area contributed by atoms with E-state index in [0.29, 0.717) is 46.4 Å². The smallest absolute Gasteiger partial charge is 0.274 e. The van der Waals surface area contributed by atoms with Crippen molar-refractivity contribution < 1.29 is 9.52 Å². The number of hydrogen-bond donors (Lipinski definition) is 3. The number of benzene rings is 2. The van der Waals surface area contributed by atoms with E-state index < -0.39 is 6.04 Å². The molecule has 0 aliphatic heterocycles. The SMILES string of the molecule is CCn1c(=O)c2ccc(Nc3ncc(-c4nnc(-c5cccnc5)o4)c(N[C@H](CO)c4ccccc4)n3)cc2n1C(C)C. The van der Waals surface area contributed by atoms with Gasteiger partial charge in [0, 0.05) is 36.9 Å². The summed E-state index contributed by atoms with van der Waals surface area (Å²) in [4.78, 5) is 26.4. The van der Waals surface area contributed by atoms with E-state index in [4.69, 9.17) is 9.40 Å². The van der Waals surface area contributed by atoms with Crippen molar-refractivity contribution in [2.24, 2.45) is 0 Å². The number of aliphatic hydroxyl groups is 1. The van der Waals surface area contributed by atoms with Gasteiger partial charge in [-0.2, -0.15) is 4.98 Å². The van der Waals surface area contributed by atoms with Gasteiger partial charge in [0.2, 0.25) is 11.8 Å². The minimum absolute atomic E-state index is 0.0222. The Labute approximate surface area is 247 Å². The molecular formula is C31H31N9O3. The quantitative estimate of drug-likeness (QED) is 0.198. The van der Waals surface area contributed by atoms with Crippen molar-refractivity contribution in [3.05, 3.63) is 95.2 Å². The van der Waals surface area contributed by atoms with Crippen molar-refractivity contribution in [3.8, 4) is 22.9 Å². The Hall–Kier alpha value is -5.36. The Morgan fingerprint density at radius 2 is 1.81 bits per heavy atom. The Balaban J connectivity index is 1.39. The minimum atomic E-state index is -0.464. The highest BCUT2D eigenvalue weighted by molar-refractivity contribution is 5.83. The normalized spacial score (nSPS) is 12.1. The summed E-state index contributed by atoms with van der Waals surface area (Å²) in [6, 6.07) is 18.4. The molecule has 0 spiro atoms. The first kappa shape index (κ1) is 27.8. The Morgan fingerprint density at radius 1 is 1.00 bits per heavy atom. The van der Waals surface area contributed by atoms with Crippen LogP contribution in [0.1, 0.15) is 38.4 Å². The fourth-order valence-electron chi connectivity index (χ4n) is 5.06. The summed E-state index contributed by atoms with van der Waals surface area (Å²) >= 11 is 0. The molecule has 0 radical (unpaired) electrons. The third-order valence-corrected chi connectivity index (χ3v) is 7.06. The molecule has 0 amide bonds. The number of nitrogens with zero attached hydrogens (tertiary/aromatic N) is 7. The minimum Gasteiger partial charge on any atom is -0.416 e. The molecule has 1 atom stereocenters. The molecule has 218 valence electrons. The number of anilines is 3. The lowest BCUT2D eigenvalue weighted by Crippen LogP contribution is -2.23. The lowest BCUT2D eigenvalue weighted by Gasteiger charge is -2.19. The van der Waals surface area contributed by atoms with Crippen LogP contribution < -0.4 is 16.2 Å². The predicted octanol–water partition coefficient (Wildman–Crippen LogP) is 5.19. The molecule has 0 saturated heterocycles. The molecule has 3 N–H and O–H groups in total.